The van der Waals surface area contributed by atoms with E-state index < -0.39 is 6.23 Å². The number of para-hydroxylation sites is 1. The van der Waals surface area contributed by atoms with Crippen LogP contribution in [0.15, 0.2) is 54.6 Å². The monoisotopic (exact) mass is 340 g/mol. The van der Waals surface area contributed by atoms with E-state index in [9.17, 15) is 9.50 Å². The zero-order chi connectivity index (χ0) is 17.2. The zero-order valence-corrected chi connectivity index (χ0v) is 13.4. The number of aliphatic hydroxyl groups is 1. The molecule has 4 rings (SSSR count). The Bertz CT molecular complexity index is 851. The number of halogens is 1. The van der Waals surface area contributed by atoms with Crippen LogP contribution in [0.1, 0.15) is 17.9 Å². The summed E-state index contributed by atoms with van der Waals surface area (Å²) in [5, 5.41) is 15.0. The summed E-state index contributed by atoms with van der Waals surface area (Å²) in [6.07, 6.45) is -0.933. The lowest BCUT2D eigenvalue weighted by molar-refractivity contribution is 0.140. The van der Waals surface area contributed by atoms with Crippen LogP contribution in [0.25, 0.3) is 0 Å². The van der Waals surface area contributed by atoms with Crippen LogP contribution in [0.5, 0.6) is 5.75 Å². The minimum atomic E-state index is -0.933. The third-order valence-electron chi connectivity index (χ3n) is 4.09. The molecule has 0 saturated heterocycles. The summed E-state index contributed by atoms with van der Waals surface area (Å²) in [5.41, 5.74) is 0.741. The number of aliphatic hydroxyl groups excluding tert-OH is 1. The van der Waals surface area contributed by atoms with E-state index in [1.54, 1.807) is 21.7 Å². The summed E-state index contributed by atoms with van der Waals surface area (Å²) in [7, 11) is 0. The largest absolute Gasteiger partial charge is 0.486 e. The Labute approximate surface area is 144 Å². The van der Waals surface area contributed by atoms with Gasteiger partial charge in [-0.05, 0) is 36.4 Å². The topological polar surface area (TPSA) is 63.4 Å². The fraction of sp³-hybridized carbons (Fsp3) is 0.222. The molecule has 0 fully saturated rings. The Morgan fingerprint density at radius 1 is 1.08 bits per heavy atom. The van der Waals surface area contributed by atoms with Gasteiger partial charge in [0.1, 0.15) is 18.2 Å². The molecular weight excluding hydrogens is 323 g/mol. The molecule has 0 spiro atoms. The van der Waals surface area contributed by atoms with Gasteiger partial charge in [-0.15, -0.1) is 0 Å². The molecule has 1 atom stereocenters. The van der Waals surface area contributed by atoms with Crippen LogP contribution >= 0.6 is 0 Å². The maximum absolute atomic E-state index is 13.1. The number of hydrogen-bond acceptors (Lipinski definition) is 5. The standard InChI is InChI=1S/C18H17FN4O2/c19-13-6-8-14(9-7-13)22-10-11-23-17(18(22)24)20-16(21-23)12-25-15-4-2-1-3-5-15/h1-9,18,24H,10-12H2. The number of hydrogen-bond donors (Lipinski definition) is 1. The molecule has 7 heteroatoms. The van der Waals surface area contributed by atoms with Crippen molar-refractivity contribution in [3.05, 3.63) is 72.1 Å². The first kappa shape index (κ1) is 15.6. The van der Waals surface area contributed by atoms with Crippen molar-refractivity contribution in [2.45, 2.75) is 19.4 Å². The molecule has 6 nitrogen and oxygen atoms in total. The van der Waals surface area contributed by atoms with Gasteiger partial charge in [-0.1, -0.05) is 18.2 Å². The Hall–Kier alpha value is -2.93. The molecule has 1 aromatic heterocycles. The van der Waals surface area contributed by atoms with Crippen molar-refractivity contribution in [3.8, 4) is 5.75 Å². The fourth-order valence-corrected chi connectivity index (χ4v) is 2.85. The van der Waals surface area contributed by atoms with Gasteiger partial charge in [0.2, 0.25) is 0 Å². The third-order valence-corrected chi connectivity index (χ3v) is 4.09. The molecular formula is C18H17FN4O2. The Kier molecular flexibility index (Phi) is 4.07. The fourth-order valence-electron chi connectivity index (χ4n) is 2.85. The van der Waals surface area contributed by atoms with Gasteiger partial charge in [-0.2, -0.15) is 5.10 Å². The molecule has 0 radical (unpaired) electrons. The molecule has 0 amide bonds. The maximum Gasteiger partial charge on any atom is 0.188 e. The van der Waals surface area contributed by atoms with Gasteiger partial charge < -0.3 is 14.7 Å². The number of nitrogens with zero attached hydrogens (tertiary/aromatic N) is 4. The van der Waals surface area contributed by atoms with Crippen molar-refractivity contribution < 1.29 is 14.2 Å². The van der Waals surface area contributed by atoms with Crippen LogP contribution in [0, 0.1) is 5.82 Å². The highest BCUT2D eigenvalue weighted by molar-refractivity contribution is 5.47. The van der Waals surface area contributed by atoms with Gasteiger partial charge in [-0.25, -0.2) is 14.1 Å². The van der Waals surface area contributed by atoms with Gasteiger partial charge in [0.15, 0.2) is 17.9 Å². The summed E-state index contributed by atoms with van der Waals surface area (Å²) in [4.78, 5) is 6.17. The summed E-state index contributed by atoms with van der Waals surface area (Å²) >= 11 is 0. The van der Waals surface area contributed by atoms with Crippen LogP contribution in [0.2, 0.25) is 0 Å². The summed E-state index contributed by atoms with van der Waals surface area (Å²) in [6.45, 7) is 1.37. The van der Waals surface area contributed by atoms with Gasteiger partial charge in [0.05, 0.1) is 6.54 Å². The van der Waals surface area contributed by atoms with E-state index in [0.29, 0.717) is 24.7 Å². The molecule has 3 aromatic rings. The molecule has 128 valence electrons. The molecule has 1 aliphatic rings. The summed E-state index contributed by atoms with van der Waals surface area (Å²) < 4.78 is 20.4. The molecule has 1 N–H and O–H groups in total. The van der Waals surface area contributed by atoms with Crippen molar-refractivity contribution in [1.82, 2.24) is 14.8 Å². The smallest absolute Gasteiger partial charge is 0.188 e. The van der Waals surface area contributed by atoms with Gasteiger partial charge in [0.25, 0.3) is 0 Å². The molecule has 2 heterocycles. The minimum Gasteiger partial charge on any atom is -0.486 e. The second kappa shape index (κ2) is 6.52. The maximum atomic E-state index is 13.1. The van der Waals surface area contributed by atoms with Gasteiger partial charge in [-0.3, -0.25) is 0 Å². The van der Waals surface area contributed by atoms with E-state index in [1.165, 1.54) is 12.1 Å². The second-order valence-corrected chi connectivity index (χ2v) is 5.75. The number of rotatable bonds is 4. The number of aromatic nitrogens is 3. The van der Waals surface area contributed by atoms with Crippen molar-refractivity contribution in [1.29, 1.82) is 0 Å². The third kappa shape index (κ3) is 3.18. The number of fused-ring (bicyclic) bond motifs is 1. The van der Waals surface area contributed by atoms with Crippen molar-refractivity contribution in [2.75, 3.05) is 11.4 Å². The zero-order valence-electron chi connectivity index (χ0n) is 13.4. The quantitative estimate of drug-likeness (QED) is 0.791. The summed E-state index contributed by atoms with van der Waals surface area (Å²) in [6, 6.07) is 15.5. The number of benzene rings is 2. The van der Waals surface area contributed by atoms with Gasteiger partial charge in [0, 0.05) is 12.2 Å². The molecule has 0 bridgehead atoms. The van der Waals surface area contributed by atoms with Crippen molar-refractivity contribution in [3.63, 3.8) is 0 Å². The SMILES string of the molecule is OC1c2nc(COc3ccccc3)nn2CCN1c1ccc(F)cc1. The molecule has 0 saturated carbocycles. The van der Waals surface area contributed by atoms with Crippen LogP contribution < -0.4 is 9.64 Å². The lowest BCUT2D eigenvalue weighted by Crippen LogP contribution is -2.38. The first-order chi connectivity index (χ1) is 12.2. The van der Waals surface area contributed by atoms with E-state index >= 15 is 0 Å². The predicted molar refractivity (Wildman–Crippen MR) is 89.5 cm³/mol. The number of ether oxygens (including phenoxy) is 1. The molecule has 25 heavy (non-hydrogen) atoms. The van der Waals surface area contributed by atoms with E-state index in [1.807, 2.05) is 30.3 Å². The Morgan fingerprint density at radius 3 is 2.60 bits per heavy atom. The first-order valence-electron chi connectivity index (χ1n) is 8.02. The van der Waals surface area contributed by atoms with Crippen molar-refractivity contribution in [2.24, 2.45) is 0 Å². The molecule has 1 unspecified atom stereocenters. The van der Waals surface area contributed by atoms with E-state index in [4.69, 9.17) is 4.74 Å². The van der Waals surface area contributed by atoms with E-state index in [-0.39, 0.29) is 12.4 Å². The highest BCUT2D eigenvalue weighted by Crippen LogP contribution is 2.28. The van der Waals surface area contributed by atoms with Crippen LogP contribution in [-0.2, 0) is 13.2 Å². The highest BCUT2D eigenvalue weighted by atomic mass is 19.1. The van der Waals surface area contributed by atoms with Gasteiger partial charge >= 0.3 is 0 Å². The van der Waals surface area contributed by atoms with E-state index in [0.717, 1.165) is 11.4 Å². The van der Waals surface area contributed by atoms with Crippen molar-refractivity contribution >= 4 is 5.69 Å². The highest BCUT2D eigenvalue weighted by Gasteiger charge is 2.29. The Morgan fingerprint density at radius 2 is 1.84 bits per heavy atom. The molecule has 2 aromatic carbocycles. The average molecular weight is 340 g/mol. The number of anilines is 1. The van der Waals surface area contributed by atoms with Crippen LogP contribution in [0.4, 0.5) is 10.1 Å². The molecule has 0 aliphatic carbocycles. The average Bonchev–Trinajstić information content (AvgIpc) is 3.06. The lowest BCUT2D eigenvalue weighted by atomic mass is 10.2. The Balaban J connectivity index is 1.50. The van der Waals surface area contributed by atoms with E-state index in [2.05, 4.69) is 10.1 Å². The normalized spacial score (nSPS) is 16.6. The van der Waals surface area contributed by atoms with Crippen LogP contribution in [0.3, 0.4) is 0 Å². The predicted octanol–water partition coefficient (Wildman–Crippen LogP) is 2.51. The first-order valence-corrected chi connectivity index (χ1v) is 8.02. The summed E-state index contributed by atoms with van der Waals surface area (Å²) in [5.74, 6) is 1.41. The van der Waals surface area contributed by atoms with Crippen LogP contribution in [-0.4, -0.2) is 26.4 Å². The minimum absolute atomic E-state index is 0.229. The molecule has 1 aliphatic heterocycles. The second-order valence-electron chi connectivity index (χ2n) is 5.75. The lowest BCUT2D eigenvalue weighted by Gasteiger charge is -2.33.